The van der Waals surface area contributed by atoms with Crippen LogP contribution >= 0.6 is 0 Å². The molecule has 0 unspecified atom stereocenters. The smallest absolute Gasteiger partial charge is 0.326 e. The van der Waals surface area contributed by atoms with Crippen molar-refractivity contribution in [2.24, 2.45) is 5.41 Å². The third-order valence-corrected chi connectivity index (χ3v) is 6.60. The van der Waals surface area contributed by atoms with Crippen LogP contribution < -0.4 is 5.69 Å². The van der Waals surface area contributed by atoms with Gasteiger partial charge in [-0.1, -0.05) is 13.8 Å². The molecule has 0 bridgehead atoms. The second kappa shape index (κ2) is 7.68. The van der Waals surface area contributed by atoms with Gasteiger partial charge in [-0.2, -0.15) is 5.26 Å². The summed E-state index contributed by atoms with van der Waals surface area (Å²) in [6.07, 6.45) is 3.82. The highest BCUT2D eigenvalue weighted by atomic mass is 16.2. The number of H-pyrrole nitrogens is 1. The van der Waals surface area contributed by atoms with Crippen molar-refractivity contribution in [1.29, 1.82) is 5.26 Å². The zero-order valence-electron chi connectivity index (χ0n) is 17.3. The first-order chi connectivity index (χ1) is 13.9. The molecule has 2 aliphatic rings. The molecule has 0 spiro atoms. The Labute approximate surface area is 170 Å². The summed E-state index contributed by atoms with van der Waals surface area (Å²) in [5.74, 6) is 0.229. The molecule has 2 fully saturated rings. The molecular weight excluding hydrogens is 366 g/mol. The maximum absolute atomic E-state index is 12.7. The third-order valence-electron chi connectivity index (χ3n) is 6.60. The van der Waals surface area contributed by atoms with E-state index in [1.807, 2.05) is 15.5 Å². The Bertz CT molecular complexity index is 994. The van der Waals surface area contributed by atoms with Gasteiger partial charge in [0.1, 0.15) is 0 Å². The lowest BCUT2D eigenvalue weighted by molar-refractivity contribution is -0.134. The van der Waals surface area contributed by atoms with E-state index in [9.17, 15) is 9.59 Å². The minimum atomic E-state index is -0.124. The number of fused-ring (bicyclic) bond motifs is 1. The van der Waals surface area contributed by atoms with Crippen molar-refractivity contribution < 1.29 is 4.79 Å². The number of nitriles is 1. The van der Waals surface area contributed by atoms with E-state index in [1.165, 1.54) is 0 Å². The van der Waals surface area contributed by atoms with Gasteiger partial charge in [-0.05, 0) is 49.3 Å². The molecule has 3 heterocycles. The number of nitrogens with one attached hydrogen (secondary N) is 1. The molecule has 0 atom stereocenters. The minimum Gasteiger partial charge on any atom is -0.342 e. The number of imidazole rings is 1. The van der Waals surface area contributed by atoms with Crippen LogP contribution in [0.25, 0.3) is 11.0 Å². The maximum Gasteiger partial charge on any atom is 0.326 e. The lowest BCUT2D eigenvalue weighted by Gasteiger charge is -2.38. The summed E-state index contributed by atoms with van der Waals surface area (Å²) in [4.78, 5) is 32.3. The Morgan fingerprint density at radius 1 is 1.21 bits per heavy atom. The number of likely N-dealkylation sites (tertiary alicyclic amines) is 2. The number of aromatic nitrogens is 2. The van der Waals surface area contributed by atoms with E-state index in [-0.39, 0.29) is 17.6 Å². The third kappa shape index (κ3) is 4.08. The van der Waals surface area contributed by atoms with Crippen molar-refractivity contribution >= 4 is 16.9 Å². The van der Waals surface area contributed by atoms with Crippen LogP contribution in [0.4, 0.5) is 0 Å². The molecule has 1 aromatic heterocycles. The van der Waals surface area contributed by atoms with E-state index in [4.69, 9.17) is 5.26 Å². The van der Waals surface area contributed by atoms with Crippen molar-refractivity contribution in [1.82, 2.24) is 19.4 Å². The van der Waals surface area contributed by atoms with Crippen molar-refractivity contribution in [3.63, 3.8) is 0 Å². The van der Waals surface area contributed by atoms with E-state index in [1.54, 1.807) is 12.1 Å². The number of carbonyl (C=O) groups excluding carboxylic acids is 1. The number of piperidine rings is 2. The zero-order chi connectivity index (χ0) is 20.6. The van der Waals surface area contributed by atoms with E-state index >= 15 is 0 Å². The van der Waals surface area contributed by atoms with Crippen LogP contribution in [0.5, 0.6) is 0 Å². The van der Waals surface area contributed by atoms with Crippen LogP contribution in [0.15, 0.2) is 23.0 Å². The Kier molecular flexibility index (Phi) is 5.22. The molecular formula is C22H29N5O2. The second-order valence-electron chi connectivity index (χ2n) is 9.20. The van der Waals surface area contributed by atoms with Crippen LogP contribution in [-0.2, 0) is 4.79 Å². The van der Waals surface area contributed by atoms with Crippen LogP contribution in [0.2, 0.25) is 0 Å². The fourth-order valence-electron chi connectivity index (χ4n) is 4.55. The lowest BCUT2D eigenvalue weighted by Crippen LogP contribution is -2.47. The van der Waals surface area contributed by atoms with Gasteiger partial charge in [0.25, 0.3) is 0 Å². The number of hydrogen-bond acceptors (Lipinski definition) is 4. The van der Waals surface area contributed by atoms with Gasteiger partial charge < -0.3 is 9.88 Å². The molecule has 7 nitrogen and oxygen atoms in total. The van der Waals surface area contributed by atoms with Crippen LogP contribution in [0.1, 0.15) is 51.1 Å². The predicted octanol–water partition coefficient (Wildman–Crippen LogP) is 2.49. The predicted molar refractivity (Wildman–Crippen MR) is 112 cm³/mol. The molecule has 2 saturated heterocycles. The Hall–Kier alpha value is -2.59. The zero-order valence-corrected chi connectivity index (χ0v) is 17.3. The topological polar surface area (TPSA) is 85.1 Å². The first-order valence-corrected chi connectivity index (χ1v) is 10.5. The Balaban J connectivity index is 1.37. The number of amides is 1. The number of hydrogen-bond donors (Lipinski definition) is 1. The van der Waals surface area contributed by atoms with Crippen LogP contribution in [0, 0.1) is 16.7 Å². The fraction of sp³-hybridized carbons (Fsp3) is 0.591. The van der Waals surface area contributed by atoms with Crippen molar-refractivity contribution in [2.75, 3.05) is 32.7 Å². The lowest BCUT2D eigenvalue weighted by atomic mass is 9.82. The monoisotopic (exact) mass is 395 g/mol. The molecule has 2 aromatic rings. The van der Waals surface area contributed by atoms with Crippen molar-refractivity contribution in [3.05, 3.63) is 34.2 Å². The molecule has 1 amide bonds. The average molecular weight is 396 g/mol. The summed E-state index contributed by atoms with van der Waals surface area (Å²) in [5.41, 5.74) is 2.32. The highest BCUT2D eigenvalue weighted by Crippen LogP contribution is 2.30. The minimum absolute atomic E-state index is 0.117. The largest absolute Gasteiger partial charge is 0.342 e. The molecule has 0 radical (unpaired) electrons. The summed E-state index contributed by atoms with van der Waals surface area (Å²) >= 11 is 0. The first kappa shape index (κ1) is 19.7. The highest BCUT2D eigenvalue weighted by molar-refractivity contribution is 5.78. The standard InChI is InChI=1S/C22H29N5O2/c1-22(2)7-11-26(12-8-22)20(28)15-25-9-5-17(6-10-25)27-19-4-3-16(14-23)13-18(19)24-21(27)29/h3-4,13,17H,5-12,15H2,1-2H3,(H,24,29). The molecule has 154 valence electrons. The second-order valence-corrected chi connectivity index (χ2v) is 9.20. The highest BCUT2D eigenvalue weighted by Gasteiger charge is 2.30. The van der Waals surface area contributed by atoms with E-state index < -0.39 is 0 Å². The average Bonchev–Trinajstić information content (AvgIpc) is 3.03. The number of benzene rings is 1. The molecule has 0 aliphatic carbocycles. The maximum atomic E-state index is 12.7. The van der Waals surface area contributed by atoms with Gasteiger partial charge in [0, 0.05) is 32.2 Å². The van der Waals surface area contributed by atoms with Crippen molar-refractivity contribution in [2.45, 2.75) is 45.6 Å². The number of carbonyl (C=O) groups is 1. The molecule has 2 aliphatic heterocycles. The fourth-order valence-corrected chi connectivity index (χ4v) is 4.55. The summed E-state index contributed by atoms with van der Waals surface area (Å²) in [5, 5.41) is 9.06. The normalized spacial score (nSPS) is 20.7. The van der Waals surface area contributed by atoms with E-state index in [0.29, 0.717) is 23.0 Å². The van der Waals surface area contributed by atoms with Gasteiger partial charge >= 0.3 is 5.69 Å². The summed E-state index contributed by atoms with van der Waals surface area (Å²) < 4.78 is 1.82. The van der Waals surface area contributed by atoms with Crippen molar-refractivity contribution in [3.8, 4) is 6.07 Å². The molecule has 1 N–H and O–H groups in total. The SMILES string of the molecule is CC1(C)CCN(C(=O)CN2CCC(n3c(=O)[nH]c4cc(C#N)ccc43)CC2)CC1. The van der Waals surface area contributed by atoms with E-state index in [0.717, 1.165) is 57.4 Å². The molecule has 0 saturated carbocycles. The van der Waals surface area contributed by atoms with Gasteiger partial charge in [-0.25, -0.2) is 4.79 Å². The summed E-state index contributed by atoms with van der Waals surface area (Å²) in [7, 11) is 0. The number of nitrogens with zero attached hydrogens (tertiary/aromatic N) is 4. The van der Waals surface area contributed by atoms with Gasteiger partial charge in [-0.3, -0.25) is 14.3 Å². The first-order valence-electron chi connectivity index (χ1n) is 10.5. The van der Waals surface area contributed by atoms with Gasteiger partial charge in [0.15, 0.2) is 0 Å². The molecule has 7 heteroatoms. The summed E-state index contributed by atoms with van der Waals surface area (Å²) in [6, 6.07) is 7.55. The molecule has 29 heavy (non-hydrogen) atoms. The van der Waals surface area contributed by atoms with E-state index in [2.05, 4.69) is 29.8 Å². The van der Waals surface area contributed by atoms with Crippen LogP contribution in [-0.4, -0.2) is 58.0 Å². The molecule has 1 aromatic carbocycles. The van der Waals surface area contributed by atoms with Gasteiger partial charge in [-0.15, -0.1) is 0 Å². The Morgan fingerprint density at radius 2 is 1.90 bits per heavy atom. The van der Waals surface area contributed by atoms with Gasteiger partial charge in [0.05, 0.1) is 29.2 Å². The molecule has 4 rings (SSSR count). The Morgan fingerprint density at radius 3 is 2.55 bits per heavy atom. The number of aromatic amines is 1. The summed E-state index contributed by atoms with van der Waals surface area (Å²) in [6.45, 7) is 8.36. The van der Waals surface area contributed by atoms with Crippen LogP contribution in [0.3, 0.4) is 0 Å². The quantitative estimate of drug-likeness (QED) is 0.865. The number of rotatable bonds is 3. The van der Waals surface area contributed by atoms with Gasteiger partial charge in [0.2, 0.25) is 5.91 Å².